The van der Waals surface area contributed by atoms with Crippen molar-refractivity contribution in [2.24, 2.45) is 0 Å². The maximum atomic E-state index is 7.57. The Hall–Kier alpha value is 0.726. The predicted molar refractivity (Wildman–Crippen MR) is 21.3 cm³/mol. The van der Waals surface area contributed by atoms with Gasteiger partial charge in [0.1, 0.15) is 0 Å². The molecule has 0 heterocycles. The van der Waals surface area contributed by atoms with Crippen LogP contribution in [0.15, 0.2) is 0 Å². The lowest BCUT2D eigenvalue weighted by molar-refractivity contribution is 0.318. The molecule has 0 aromatic carbocycles. The van der Waals surface area contributed by atoms with Crippen molar-refractivity contribution < 1.29 is 5.11 Å². The van der Waals surface area contributed by atoms with E-state index < -0.39 is 0 Å². The zero-order valence-electron chi connectivity index (χ0n) is 2.15. The fourth-order valence-electron chi connectivity index (χ4n) is 0. The predicted octanol–water partition coefficient (Wildman–Crippen LogP) is -0.918. The maximum absolute atomic E-state index is 7.57. The van der Waals surface area contributed by atoms with E-state index in [1.807, 2.05) is 0 Å². The van der Waals surface area contributed by atoms with E-state index in [-0.39, 0.29) is 29.7 Å². The van der Waals surface area contributed by atoms with Crippen LogP contribution in [-0.4, -0.2) is 34.8 Å². The van der Waals surface area contributed by atoms with E-state index in [0.717, 1.165) is 0 Å². The topological polar surface area (TPSA) is 20.2 Å². The highest BCUT2D eigenvalue weighted by Gasteiger charge is 1.34. The zero-order valence-corrected chi connectivity index (χ0v) is 2.15. The summed E-state index contributed by atoms with van der Waals surface area (Å²) in [5.41, 5.74) is 0. The molecule has 0 rings (SSSR count). The molecule has 0 aromatic rings. The summed E-state index contributed by atoms with van der Waals surface area (Å²) in [7, 11) is 0. The van der Waals surface area contributed by atoms with Crippen molar-refractivity contribution in [2.75, 3.05) is 6.61 Å². The fraction of sp³-hybridized carbons (Fsp3) is 1.00. The van der Waals surface area contributed by atoms with Gasteiger partial charge in [0.25, 0.3) is 0 Å². The summed E-state index contributed by atoms with van der Waals surface area (Å²) in [6, 6.07) is 0. The molecule has 0 saturated carbocycles. The monoisotopic (exact) mass is 72.0 g/mol. The van der Waals surface area contributed by atoms with Crippen molar-refractivity contribution in [3.05, 3.63) is 0 Å². The lowest BCUT2D eigenvalue weighted by atomic mass is 10.9. The Morgan fingerprint density at radius 1 is 1.75 bits per heavy atom. The third-order valence-corrected chi connectivity index (χ3v) is 0. The first kappa shape index (κ1) is 8.83. The molecule has 0 bridgehead atoms. The molecular weight excluding hydrogens is 64.3 g/mol. The van der Waals surface area contributed by atoms with Gasteiger partial charge in [0.05, 0.1) is 0 Å². The van der Waals surface area contributed by atoms with E-state index in [1.165, 1.54) is 0 Å². The summed E-state index contributed by atoms with van der Waals surface area (Å²) < 4.78 is 0. The van der Waals surface area contributed by atoms with Crippen molar-refractivity contribution >= 4 is 23.1 Å². The molecule has 0 saturated heterocycles. The SMILES string of the molecule is CCO.[MgH2]. The smallest absolute Gasteiger partial charge is 0.316 e. The molecule has 0 aliphatic rings. The van der Waals surface area contributed by atoms with Crippen LogP contribution in [0.3, 0.4) is 0 Å². The van der Waals surface area contributed by atoms with Crippen LogP contribution < -0.4 is 0 Å². The molecule has 0 unspecified atom stereocenters. The minimum atomic E-state index is 0. The summed E-state index contributed by atoms with van der Waals surface area (Å²) in [5, 5.41) is 7.57. The zero-order chi connectivity index (χ0) is 2.71. The molecule has 0 spiro atoms. The van der Waals surface area contributed by atoms with Crippen LogP contribution in [0.5, 0.6) is 0 Å². The molecular formula is C2H8MgO. The molecule has 1 N–H and O–H groups in total. The first-order valence-corrected chi connectivity index (χ1v) is 1.02. The second kappa shape index (κ2) is 9.29. The Labute approximate surface area is 42.2 Å². The van der Waals surface area contributed by atoms with Gasteiger partial charge in [-0.15, -0.1) is 0 Å². The van der Waals surface area contributed by atoms with Crippen molar-refractivity contribution in [2.45, 2.75) is 6.92 Å². The van der Waals surface area contributed by atoms with Gasteiger partial charge in [-0.1, -0.05) is 0 Å². The molecule has 4 heavy (non-hydrogen) atoms. The second-order valence-corrected chi connectivity index (χ2v) is 0.316. The van der Waals surface area contributed by atoms with Crippen LogP contribution in [0.2, 0.25) is 0 Å². The molecule has 0 fully saturated rings. The van der Waals surface area contributed by atoms with E-state index in [1.54, 1.807) is 6.92 Å². The number of aliphatic hydroxyl groups is 1. The van der Waals surface area contributed by atoms with E-state index >= 15 is 0 Å². The number of hydrogen-bond donors (Lipinski definition) is 1. The van der Waals surface area contributed by atoms with Crippen LogP contribution in [0.25, 0.3) is 0 Å². The van der Waals surface area contributed by atoms with Crippen molar-refractivity contribution in [3.8, 4) is 0 Å². The third kappa shape index (κ3) is 15.4. The van der Waals surface area contributed by atoms with Gasteiger partial charge in [-0.05, 0) is 6.92 Å². The van der Waals surface area contributed by atoms with Gasteiger partial charge in [0.2, 0.25) is 0 Å². The summed E-state index contributed by atoms with van der Waals surface area (Å²) in [4.78, 5) is 0. The Bertz CT molecular complexity index is 6.00. The standard InChI is InChI=1S/C2H6O.Mg.2H/c1-2-3;;;/h3H,2H2,1H3;;;. The highest BCUT2D eigenvalue weighted by atomic mass is 24.3. The molecule has 0 aliphatic carbocycles. The van der Waals surface area contributed by atoms with Gasteiger partial charge < -0.3 is 5.11 Å². The van der Waals surface area contributed by atoms with E-state index in [2.05, 4.69) is 0 Å². The quantitative estimate of drug-likeness (QED) is 0.367. The fourth-order valence-corrected chi connectivity index (χ4v) is 0. The molecule has 24 valence electrons. The summed E-state index contributed by atoms with van der Waals surface area (Å²) in [6.07, 6.45) is 0. The molecule has 0 atom stereocenters. The van der Waals surface area contributed by atoms with Gasteiger partial charge in [-0.3, -0.25) is 0 Å². The minimum absolute atomic E-state index is 0. The highest BCUT2D eigenvalue weighted by Crippen LogP contribution is 1.30. The second-order valence-electron chi connectivity index (χ2n) is 0.316. The third-order valence-electron chi connectivity index (χ3n) is 0. The summed E-state index contributed by atoms with van der Waals surface area (Å²) in [6.45, 7) is 1.93. The van der Waals surface area contributed by atoms with Gasteiger partial charge in [-0.2, -0.15) is 0 Å². The van der Waals surface area contributed by atoms with Crippen LogP contribution in [0, 0.1) is 0 Å². The number of hydrogen-bond acceptors (Lipinski definition) is 1. The van der Waals surface area contributed by atoms with Gasteiger partial charge >= 0.3 is 23.1 Å². The Kier molecular flexibility index (Phi) is 20.5. The van der Waals surface area contributed by atoms with Gasteiger partial charge in [0.15, 0.2) is 0 Å². The molecule has 0 amide bonds. The molecule has 0 aromatic heterocycles. The molecule has 0 radical (unpaired) electrons. The Morgan fingerprint density at radius 3 is 1.75 bits per heavy atom. The van der Waals surface area contributed by atoms with Crippen LogP contribution in [0.1, 0.15) is 6.92 Å². The van der Waals surface area contributed by atoms with E-state index in [0.29, 0.717) is 0 Å². The normalized spacial score (nSPS) is 4.50. The average Bonchev–Trinajstić information content (AvgIpc) is 0.918. The largest absolute Gasteiger partial charge is 0.397 e. The minimum Gasteiger partial charge on any atom is -0.397 e. The molecule has 1 nitrogen and oxygen atoms in total. The Balaban J connectivity index is 0. The lowest BCUT2D eigenvalue weighted by Crippen LogP contribution is -1.57. The van der Waals surface area contributed by atoms with E-state index in [4.69, 9.17) is 5.11 Å². The summed E-state index contributed by atoms with van der Waals surface area (Å²) in [5.74, 6) is 0. The summed E-state index contributed by atoms with van der Waals surface area (Å²) >= 11 is 0. The first-order chi connectivity index (χ1) is 1.41. The maximum Gasteiger partial charge on any atom is 0.316 e. The average molecular weight is 72.4 g/mol. The first-order valence-electron chi connectivity index (χ1n) is 1.02. The number of rotatable bonds is 0. The van der Waals surface area contributed by atoms with Gasteiger partial charge in [-0.25, -0.2) is 0 Å². The van der Waals surface area contributed by atoms with Crippen LogP contribution >= 0.6 is 0 Å². The van der Waals surface area contributed by atoms with Crippen molar-refractivity contribution in [1.82, 2.24) is 0 Å². The molecule has 2 heteroatoms. The van der Waals surface area contributed by atoms with Gasteiger partial charge in [0, 0.05) is 6.61 Å². The van der Waals surface area contributed by atoms with Crippen molar-refractivity contribution in [1.29, 1.82) is 0 Å². The highest BCUT2D eigenvalue weighted by molar-refractivity contribution is 5.75. The van der Waals surface area contributed by atoms with E-state index in [9.17, 15) is 0 Å². The lowest BCUT2D eigenvalue weighted by Gasteiger charge is -1.52. The number of aliphatic hydroxyl groups excluding tert-OH is 1. The molecule has 0 aliphatic heterocycles. The Morgan fingerprint density at radius 2 is 1.75 bits per heavy atom. The van der Waals surface area contributed by atoms with Crippen LogP contribution in [0.4, 0.5) is 0 Å². The van der Waals surface area contributed by atoms with Crippen molar-refractivity contribution in [3.63, 3.8) is 0 Å². The van der Waals surface area contributed by atoms with Crippen LogP contribution in [-0.2, 0) is 0 Å².